The van der Waals surface area contributed by atoms with Gasteiger partial charge in [0.05, 0.1) is 0 Å². The maximum absolute atomic E-state index is 11.1. The van der Waals surface area contributed by atoms with E-state index in [1.165, 1.54) is 6.92 Å². The molecule has 0 bridgehead atoms. The van der Waals surface area contributed by atoms with Crippen molar-refractivity contribution in [2.45, 2.75) is 53.1 Å². The van der Waals surface area contributed by atoms with Crippen molar-refractivity contribution in [3.63, 3.8) is 0 Å². The number of hydrogen-bond acceptors (Lipinski definition) is 3. The molecule has 118 valence electrons. The number of rotatable bonds is 6. The van der Waals surface area contributed by atoms with Crippen molar-refractivity contribution in [2.24, 2.45) is 5.41 Å². The summed E-state index contributed by atoms with van der Waals surface area (Å²) in [4.78, 5) is 11.1. The zero-order chi connectivity index (χ0) is 16.0. The number of carbonyl (C=O) groups is 1. The van der Waals surface area contributed by atoms with Gasteiger partial charge in [-0.25, -0.2) is 0 Å². The quantitative estimate of drug-likeness (QED) is 0.755. The van der Waals surface area contributed by atoms with E-state index in [-0.39, 0.29) is 30.0 Å². The fourth-order valence-electron chi connectivity index (χ4n) is 2.38. The predicted octanol–water partition coefficient (Wildman–Crippen LogP) is 3.09. The first-order valence-corrected chi connectivity index (χ1v) is 7.48. The zero-order valence-corrected chi connectivity index (χ0v) is 13.7. The van der Waals surface area contributed by atoms with E-state index in [9.17, 15) is 9.90 Å². The minimum Gasteiger partial charge on any atom is -0.396 e. The number of hydrogen-bond donors (Lipinski definition) is 3. The van der Waals surface area contributed by atoms with Crippen LogP contribution >= 0.6 is 0 Å². The number of anilines is 1. The average molecular weight is 292 g/mol. The van der Waals surface area contributed by atoms with Crippen LogP contribution in [0.2, 0.25) is 0 Å². The fourth-order valence-corrected chi connectivity index (χ4v) is 2.38. The van der Waals surface area contributed by atoms with Crippen LogP contribution in [0.4, 0.5) is 5.69 Å². The second-order valence-corrected chi connectivity index (χ2v) is 6.63. The van der Waals surface area contributed by atoms with Crippen molar-refractivity contribution in [1.82, 2.24) is 5.32 Å². The van der Waals surface area contributed by atoms with Gasteiger partial charge in [-0.2, -0.15) is 0 Å². The Hall–Kier alpha value is -1.39. The van der Waals surface area contributed by atoms with Crippen LogP contribution in [-0.4, -0.2) is 23.7 Å². The Bertz CT molecular complexity index is 466. The maximum Gasteiger partial charge on any atom is 0.221 e. The molecule has 2 atom stereocenters. The molecule has 0 aliphatic rings. The molecule has 0 saturated heterocycles. The lowest BCUT2D eigenvalue weighted by Crippen LogP contribution is -2.42. The molecule has 0 fully saturated rings. The van der Waals surface area contributed by atoms with E-state index in [0.717, 1.165) is 17.7 Å². The standard InChI is InChI=1S/C17H28N2O2/c1-12(18-16(9-10-20)17(3,4)5)14-7-6-8-15(11-14)19-13(2)21/h6-8,11-12,16,18,20H,9-10H2,1-5H3,(H,19,21). The van der Waals surface area contributed by atoms with Crippen molar-refractivity contribution in [3.05, 3.63) is 29.8 Å². The Morgan fingerprint density at radius 1 is 1.33 bits per heavy atom. The van der Waals surface area contributed by atoms with Crippen LogP contribution in [0.3, 0.4) is 0 Å². The average Bonchev–Trinajstić information content (AvgIpc) is 2.36. The Labute approximate surface area is 128 Å². The second-order valence-electron chi connectivity index (χ2n) is 6.63. The number of aliphatic hydroxyl groups is 1. The summed E-state index contributed by atoms with van der Waals surface area (Å²) in [6.07, 6.45) is 0.721. The molecule has 21 heavy (non-hydrogen) atoms. The van der Waals surface area contributed by atoms with E-state index in [4.69, 9.17) is 0 Å². The van der Waals surface area contributed by atoms with Gasteiger partial charge in [-0.1, -0.05) is 32.9 Å². The Morgan fingerprint density at radius 2 is 2.00 bits per heavy atom. The Morgan fingerprint density at radius 3 is 2.52 bits per heavy atom. The van der Waals surface area contributed by atoms with E-state index >= 15 is 0 Å². The molecule has 0 saturated carbocycles. The van der Waals surface area contributed by atoms with Gasteiger partial charge < -0.3 is 15.7 Å². The predicted molar refractivity (Wildman–Crippen MR) is 87.2 cm³/mol. The molecular weight excluding hydrogens is 264 g/mol. The second kappa shape index (κ2) is 7.57. The molecule has 0 heterocycles. The summed E-state index contributed by atoms with van der Waals surface area (Å²) < 4.78 is 0. The Balaban J connectivity index is 2.82. The van der Waals surface area contributed by atoms with E-state index in [0.29, 0.717) is 0 Å². The molecule has 1 amide bonds. The zero-order valence-electron chi connectivity index (χ0n) is 13.7. The first-order valence-electron chi connectivity index (χ1n) is 7.48. The van der Waals surface area contributed by atoms with Gasteiger partial charge in [0.25, 0.3) is 0 Å². The monoisotopic (exact) mass is 292 g/mol. The lowest BCUT2D eigenvalue weighted by atomic mass is 9.84. The van der Waals surface area contributed by atoms with E-state index in [2.05, 4.69) is 38.3 Å². The third-order valence-electron chi connectivity index (χ3n) is 3.62. The summed E-state index contributed by atoms with van der Waals surface area (Å²) in [5.74, 6) is -0.0689. The minimum absolute atomic E-state index is 0.0689. The molecular formula is C17H28N2O2. The lowest BCUT2D eigenvalue weighted by Gasteiger charge is -2.34. The molecule has 0 spiro atoms. The van der Waals surface area contributed by atoms with E-state index in [1.54, 1.807) is 0 Å². The summed E-state index contributed by atoms with van der Waals surface area (Å²) in [5.41, 5.74) is 2.00. The molecule has 1 rings (SSSR count). The molecule has 0 aliphatic carbocycles. The molecule has 0 aromatic heterocycles. The highest BCUT2D eigenvalue weighted by Gasteiger charge is 2.25. The van der Waals surface area contributed by atoms with Crippen LogP contribution in [0, 0.1) is 5.41 Å². The molecule has 3 N–H and O–H groups in total. The summed E-state index contributed by atoms with van der Waals surface area (Å²) >= 11 is 0. The molecule has 0 radical (unpaired) electrons. The first-order chi connectivity index (χ1) is 9.74. The Kier molecular flexibility index (Phi) is 6.37. The van der Waals surface area contributed by atoms with E-state index in [1.807, 2.05) is 24.3 Å². The topological polar surface area (TPSA) is 61.4 Å². The van der Waals surface area contributed by atoms with Crippen molar-refractivity contribution < 1.29 is 9.90 Å². The molecule has 4 heteroatoms. The molecule has 1 aromatic carbocycles. The molecule has 2 unspecified atom stereocenters. The van der Waals surface area contributed by atoms with Gasteiger partial charge in [0.1, 0.15) is 0 Å². The van der Waals surface area contributed by atoms with Gasteiger partial charge in [0, 0.05) is 31.3 Å². The molecule has 4 nitrogen and oxygen atoms in total. The van der Waals surface area contributed by atoms with Crippen LogP contribution in [-0.2, 0) is 4.79 Å². The highest BCUT2D eigenvalue weighted by Crippen LogP contribution is 2.25. The van der Waals surface area contributed by atoms with Gasteiger partial charge in [-0.15, -0.1) is 0 Å². The smallest absolute Gasteiger partial charge is 0.221 e. The third kappa shape index (κ3) is 5.86. The first kappa shape index (κ1) is 17.7. The number of carbonyl (C=O) groups excluding carboxylic acids is 1. The summed E-state index contributed by atoms with van der Waals surface area (Å²) in [6, 6.07) is 8.22. The fraction of sp³-hybridized carbons (Fsp3) is 0.588. The number of aliphatic hydroxyl groups excluding tert-OH is 1. The number of amides is 1. The van der Waals surface area contributed by atoms with E-state index < -0.39 is 0 Å². The van der Waals surface area contributed by atoms with Crippen LogP contribution in [0.15, 0.2) is 24.3 Å². The summed E-state index contributed by atoms with van der Waals surface area (Å²) in [7, 11) is 0. The van der Waals surface area contributed by atoms with Crippen molar-refractivity contribution >= 4 is 11.6 Å². The van der Waals surface area contributed by atoms with Gasteiger partial charge in [-0.3, -0.25) is 4.79 Å². The molecule has 1 aromatic rings. The van der Waals surface area contributed by atoms with Crippen LogP contribution in [0.1, 0.15) is 52.6 Å². The van der Waals surface area contributed by atoms with Crippen LogP contribution < -0.4 is 10.6 Å². The summed E-state index contributed by atoms with van der Waals surface area (Å²) in [5, 5.41) is 15.6. The third-order valence-corrected chi connectivity index (χ3v) is 3.62. The minimum atomic E-state index is -0.0689. The van der Waals surface area contributed by atoms with Gasteiger partial charge in [-0.05, 0) is 36.5 Å². The number of benzene rings is 1. The van der Waals surface area contributed by atoms with Crippen molar-refractivity contribution in [2.75, 3.05) is 11.9 Å². The highest BCUT2D eigenvalue weighted by molar-refractivity contribution is 5.88. The van der Waals surface area contributed by atoms with Gasteiger partial charge >= 0.3 is 0 Å². The SMILES string of the molecule is CC(=O)Nc1cccc(C(C)NC(CCO)C(C)(C)C)c1. The van der Waals surface area contributed by atoms with Crippen LogP contribution in [0.25, 0.3) is 0 Å². The highest BCUT2D eigenvalue weighted by atomic mass is 16.3. The van der Waals surface area contributed by atoms with Gasteiger partial charge in [0.2, 0.25) is 5.91 Å². The normalized spacial score (nSPS) is 14.6. The lowest BCUT2D eigenvalue weighted by molar-refractivity contribution is -0.114. The van der Waals surface area contributed by atoms with Crippen molar-refractivity contribution in [3.8, 4) is 0 Å². The maximum atomic E-state index is 11.1. The number of nitrogens with one attached hydrogen (secondary N) is 2. The molecule has 0 aliphatic heterocycles. The van der Waals surface area contributed by atoms with Crippen molar-refractivity contribution in [1.29, 1.82) is 0 Å². The summed E-state index contributed by atoms with van der Waals surface area (Å²) in [6.45, 7) is 10.3. The largest absolute Gasteiger partial charge is 0.396 e. The van der Waals surface area contributed by atoms with Crippen LogP contribution in [0.5, 0.6) is 0 Å². The van der Waals surface area contributed by atoms with Gasteiger partial charge in [0.15, 0.2) is 0 Å².